The SMILES string of the molecule is Cc1ccc(S(=O)(=O)NCC(=O)NCC(=O)NNC(=O)c2ccccn2)cc1. The van der Waals surface area contributed by atoms with E-state index < -0.39 is 40.8 Å². The Morgan fingerprint density at radius 1 is 0.929 bits per heavy atom. The molecule has 0 spiro atoms. The number of carbonyl (C=O) groups is 3. The van der Waals surface area contributed by atoms with Crippen LogP contribution in [0.2, 0.25) is 0 Å². The summed E-state index contributed by atoms with van der Waals surface area (Å²) in [7, 11) is -3.84. The van der Waals surface area contributed by atoms with Crippen LogP contribution in [0.4, 0.5) is 0 Å². The average molecular weight is 405 g/mol. The smallest absolute Gasteiger partial charge is 0.288 e. The van der Waals surface area contributed by atoms with Gasteiger partial charge in [-0.25, -0.2) is 13.1 Å². The zero-order valence-electron chi connectivity index (χ0n) is 14.9. The van der Waals surface area contributed by atoms with Gasteiger partial charge in [-0.05, 0) is 31.2 Å². The maximum absolute atomic E-state index is 12.1. The first kappa shape index (κ1) is 21.0. The molecular formula is C17H19N5O5S. The van der Waals surface area contributed by atoms with Crippen molar-refractivity contribution in [1.82, 2.24) is 25.9 Å². The molecule has 28 heavy (non-hydrogen) atoms. The van der Waals surface area contributed by atoms with Gasteiger partial charge in [0.1, 0.15) is 5.69 Å². The summed E-state index contributed by atoms with van der Waals surface area (Å²) in [6, 6.07) is 10.8. The average Bonchev–Trinajstić information content (AvgIpc) is 2.70. The van der Waals surface area contributed by atoms with Crippen molar-refractivity contribution < 1.29 is 22.8 Å². The van der Waals surface area contributed by atoms with Crippen molar-refractivity contribution in [3.05, 3.63) is 59.9 Å². The predicted molar refractivity (Wildman–Crippen MR) is 99.2 cm³/mol. The molecule has 0 fully saturated rings. The molecule has 0 aliphatic heterocycles. The molecule has 0 aliphatic rings. The Morgan fingerprint density at radius 3 is 2.29 bits per heavy atom. The highest BCUT2D eigenvalue weighted by molar-refractivity contribution is 7.89. The van der Waals surface area contributed by atoms with Crippen LogP contribution in [0.1, 0.15) is 16.1 Å². The van der Waals surface area contributed by atoms with Crippen LogP contribution in [0, 0.1) is 6.92 Å². The summed E-state index contributed by atoms with van der Waals surface area (Å²) in [5, 5.41) is 2.23. The second-order valence-corrected chi connectivity index (χ2v) is 7.40. The molecule has 0 saturated heterocycles. The number of sulfonamides is 1. The minimum atomic E-state index is -3.84. The molecule has 0 radical (unpaired) electrons. The molecule has 2 aromatic rings. The number of carbonyl (C=O) groups excluding carboxylic acids is 3. The Labute approximate surface area is 161 Å². The summed E-state index contributed by atoms with van der Waals surface area (Å²) in [6.45, 7) is 0.832. The van der Waals surface area contributed by atoms with Crippen molar-refractivity contribution in [2.45, 2.75) is 11.8 Å². The third-order valence-electron chi connectivity index (χ3n) is 3.41. The summed E-state index contributed by atoms with van der Waals surface area (Å²) in [4.78, 5) is 38.9. The lowest BCUT2D eigenvalue weighted by Crippen LogP contribution is -2.47. The molecular weight excluding hydrogens is 386 g/mol. The van der Waals surface area contributed by atoms with E-state index in [0.29, 0.717) is 0 Å². The van der Waals surface area contributed by atoms with Crippen molar-refractivity contribution in [3.8, 4) is 0 Å². The molecule has 1 aromatic heterocycles. The van der Waals surface area contributed by atoms with Crippen LogP contribution < -0.4 is 20.9 Å². The first-order valence-electron chi connectivity index (χ1n) is 8.11. The van der Waals surface area contributed by atoms with Crippen LogP contribution in [0.25, 0.3) is 0 Å². The zero-order valence-corrected chi connectivity index (χ0v) is 15.7. The second-order valence-electron chi connectivity index (χ2n) is 5.63. The number of nitrogens with one attached hydrogen (secondary N) is 4. The van der Waals surface area contributed by atoms with E-state index in [1.54, 1.807) is 24.3 Å². The summed E-state index contributed by atoms with van der Waals surface area (Å²) in [5.74, 6) is -2.02. The molecule has 10 nitrogen and oxygen atoms in total. The monoisotopic (exact) mass is 405 g/mol. The van der Waals surface area contributed by atoms with Gasteiger partial charge in [-0.2, -0.15) is 0 Å². The normalized spacial score (nSPS) is 10.8. The van der Waals surface area contributed by atoms with E-state index in [4.69, 9.17) is 0 Å². The summed E-state index contributed by atoms with van der Waals surface area (Å²) in [5.41, 5.74) is 5.26. The Kier molecular flexibility index (Phi) is 7.18. The molecule has 1 aromatic carbocycles. The molecule has 0 bridgehead atoms. The fourth-order valence-electron chi connectivity index (χ4n) is 1.93. The van der Waals surface area contributed by atoms with E-state index >= 15 is 0 Å². The molecule has 0 saturated carbocycles. The Balaban J connectivity index is 1.72. The Bertz CT molecular complexity index is 946. The highest BCUT2D eigenvalue weighted by Crippen LogP contribution is 2.09. The fraction of sp³-hybridized carbons (Fsp3) is 0.176. The number of aryl methyl sites for hydroxylation is 1. The van der Waals surface area contributed by atoms with E-state index in [9.17, 15) is 22.8 Å². The number of pyridine rings is 1. The largest absolute Gasteiger partial charge is 0.346 e. The van der Waals surface area contributed by atoms with Crippen LogP contribution in [-0.4, -0.2) is 44.2 Å². The Hall–Kier alpha value is -3.31. The van der Waals surface area contributed by atoms with Crippen LogP contribution in [0.15, 0.2) is 53.6 Å². The van der Waals surface area contributed by atoms with Crippen LogP contribution >= 0.6 is 0 Å². The van der Waals surface area contributed by atoms with Crippen molar-refractivity contribution in [3.63, 3.8) is 0 Å². The van der Waals surface area contributed by atoms with Crippen molar-refractivity contribution in [1.29, 1.82) is 0 Å². The number of amides is 3. The molecule has 0 unspecified atom stereocenters. The number of hydrazine groups is 1. The highest BCUT2D eigenvalue weighted by atomic mass is 32.2. The third kappa shape index (κ3) is 6.45. The van der Waals surface area contributed by atoms with Gasteiger partial charge >= 0.3 is 0 Å². The topological polar surface area (TPSA) is 146 Å². The van der Waals surface area contributed by atoms with Crippen LogP contribution in [-0.2, 0) is 19.6 Å². The first-order chi connectivity index (χ1) is 13.3. The third-order valence-corrected chi connectivity index (χ3v) is 4.83. The number of aromatic nitrogens is 1. The number of benzene rings is 1. The van der Waals surface area contributed by atoms with Gasteiger partial charge in [0.2, 0.25) is 15.9 Å². The van der Waals surface area contributed by atoms with Gasteiger partial charge in [0.15, 0.2) is 0 Å². The number of rotatable bonds is 7. The Morgan fingerprint density at radius 2 is 1.64 bits per heavy atom. The van der Waals surface area contributed by atoms with Gasteiger partial charge in [-0.3, -0.25) is 30.2 Å². The molecule has 4 N–H and O–H groups in total. The lowest BCUT2D eigenvalue weighted by molar-refractivity contribution is -0.125. The van der Waals surface area contributed by atoms with E-state index in [0.717, 1.165) is 5.56 Å². The van der Waals surface area contributed by atoms with Crippen molar-refractivity contribution >= 4 is 27.7 Å². The van der Waals surface area contributed by atoms with E-state index in [1.807, 2.05) is 6.92 Å². The van der Waals surface area contributed by atoms with E-state index in [1.165, 1.54) is 24.4 Å². The first-order valence-corrected chi connectivity index (χ1v) is 9.59. The van der Waals surface area contributed by atoms with Gasteiger partial charge in [-0.1, -0.05) is 23.8 Å². The van der Waals surface area contributed by atoms with Gasteiger partial charge in [-0.15, -0.1) is 0 Å². The number of hydrogen-bond acceptors (Lipinski definition) is 6. The molecule has 11 heteroatoms. The predicted octanol–water partition coefficient (Wildman–Crippen LogP) is -0.754. The molecule has 1 heterocycles. The van der Waals surface area contributed by atoms with Crippen molar-refractivity contribution in [2.24, 2.45) is 0 Å². The fourth-order valence-corrected chi connectivity index (χ4v) is 2.92. The number of nitrogens with zero attached hydrogens (tertiary/aromatic N) is 1. The highest BCUT2D eigenvalue weighted by Gasteiger charge is 2.15. The number of hydrogen-bond donors (Lipinski definition) is 4. The molecule has 2 rings (SSSR count). The summed E-state index contributed by atoms with van der Waals surface area (Å²) < 4.78 is 26.3. The second kappa shape index (κ2) is 9.58. The minimum absolute atomic E-state index is 0.0286. The van der Waals surface area contributed by atoms with Gasteiger partial charge < -0.3 is 5.32 Å². The molecule has 148 valence electrons. The maximum Gasteiger partial charge on any atom is 0.288 e. The van der Waals surface area contributed by atoms with Gasteiger partial charge in [0.05, 0.1) is 18.0 Å². The lowest BCUT2D eigenvalue weighted by Gasteiger charge is -2.09. The lowest BCUT2D eigenvalue weighted by atomic mass is 10.2. The van der Waals surface area contributed by atoms with E-state index in [-0.39, 0.29) is 10.6 Å². The summed E-state index contributed by atoms with van der Waals surface area (Å²) in [6.07, 6.45) is 1.43. The molecule has 0 aliphatic carbocycles. The van der Waals surface area contributed by atoms with Crippen LogP contribution in [0.5, 0.6) is 0 Å². The molecule has 3 amide bonds. The van der Waals surface area contributed by atoms with Crippen molar-refractivity contribution in [2.75, 3.05) is 13.1 Å². The van der Waals surface area contributed by atoms with Crippen LogP contribution in [0.3, 0.4) is 0 Å². The maximum atomic E-state index is 12.1. The standard InChI is InChI=1S/C17H19N5O5S/c1-12-5-7-13(8-6-12)28(26,27)20-11-15(23)19-10-16(24)21-22-17(25)14-4-2-3-9-18-14/h2-9,20H,10-11H2,1H3,(H,19,23)(H,21,24)(H,22,25). The zero-order chi connectivity index (χ0) is 20.6. The minimum Gasteiger partial charge on any atom is -0.346 e. The van der Waals surface area contributed by atoms with E-state index in [2.05, 4.69) is 25.9 Å². The quantitative estimate of drug-likeness (QED) is 0.446. The van der Waals surface area contributed by atoms with Gasteiger partial charge in [0, 0.05) is 6.20 Å². The summed E-state index contributed by atoms with van der Waals surface area (Å²) >= 11 is 0. The molecule has 0 atom stereocenters. The van der Waals surface area contributed by atoms with Gasteiger partial charge in [0.25, 0.3) is 11.8 Å².